The first-order chi connectivity index (χ1) is 30.8. The summed E-state index contributed by atoms with van der Waals surface area (Å²) in [4.78, 5) is 0. The van der Waals surface area contributed by atoms with Gasteiger partial charge in [-0.2, -0.15) is 0 Å². The normalized spacial score (nSPS) is 11.7. The molecule has 366 valence electrons. The van der Waals surface area contributed by atoms with Crippen molar-refractivity contribution in [2.24, 2.45) is 0 Å². The standard InChI is InChI=1S/C61H118N/c1-4-7-10-13-16-19-22-25-28-31-33-36-39-42-45-48-51-54-60-56-58-62(57-53-50-47-44-41-38-35-30-27-24-21-18-15-12-9-6-3)59-61(60)55-52-49-46-43-40-37-34-32-29-26-23-20-17-14-11-8-5-2/h56,58-59H,4-55,57H2,1-3H3/q+1. The van der Waals surface area contributed by atoms with E-state index in [4.69, 9.17) is 0 Å². The van der Waals surface area contributed by atoms with Gasteiger partial charge in [-0.15, -0.1) is 0 Å². The van der Waals surface area contributed by atoms with Crippen LogP contribution in [0.3, 0.4) is 0 Å². The van der Waals surface area contributed by atoms with Crippen molar-refractivity contribution in [1.29, 1.82) is 0 Å². The van der Waals surface area contributed by atoms with Gasteiger partial charge in [-0.3, -0.25) is 0 Å². The molecule has 0 saturated carbocycles. The van der Waals surface area contributed by atoms with Gasteiger partial charge in [0.15, 0.2) is 12.4 Å². The topological polar surface area (TPSA) is 3.88 Å². The molecule has 62 heavy (non-hydrogen) atoms. The monoisotopic (exact) mass is 865 g/mol. The Morgan fingerprint density at radius 3 is 0.710 bits per heavy atom. The third-order valence-electron chi connectivity index (χ3n) is 14.6. The van der Waals surface area contributed by atoms with Crippen LogP contribution in [0.25, 0.3) is 0 Å². The van der Waals surface area contributed by atoms with Gasteiger partial charge >= 0.3 is 0 Å². The zero-order valence-electron chi connectivity index (χ0n) is 43.7. The molecule has 1 heterocycles. The molecule has 0 aromatic carbocycles. The summed E-state index contributed by atoms with van der Waals surface area (Å²) < 4.78 is 2.56. The van der Waals surface area contributed by atoms with Crippen LogP contribution in [-0.4, -0.2) is 0 Å². The second-order valence-corrected chi connectivity index (χ2v) is 20.9. The maximum atomic E-state index is 2.58. The van der Waals surface area contributed by atoms with E-state index in [1.54, 1.807) is 11.1 Å². The summed E-state index contributed by atoms with van der Waals surface area (Å²) in [5.74, 6) is 0. The molecule has 0 saturated heterocycles. The highest BCUT2D eigenvalue weighted by atomic mass is 14.9. The number of hydrogen-bond donors (Lipinski definition) is 0. The lowest BCUT2D eigenvalue weighted by Crippen LogP contribution is -2.34. The van der Waals surface area contributed by atoms with Crippen LogP contribution in [0, 0.1) is 0 Å². The molecule has 0 aliphatic heterocycles. The Hall–Kier alpha value is -0.850. The predicted octanol–water partition coefficient (Wildman–Crippen LogP) is 21.6. The number of pyridine rings is 1. The highest BCUT2D eigenvalue weighted by Gasteiger charge is 2.10. The third-order valence-corrected chi connectivity index (χ3v) is 14.6. The van der Waals surface area contributed by atoms with Crippen LogP contribution in [0.15, 0.2) is 18.5 Å². The fraction of sp³-hybridized carbons (Fsp3) is 0.918. The number of rotatable bonds is 53. The minimum absolute atomic E-state index is 1.21. The molecule has 0 unspecified atom stereocenters. The Morgan fingerprint density at radius 2 is 0.452 bits per heavy atom. The SMILES string of the molecule is CCCCCCCCCCCCCCCCCCCc1cc[n+](CCCCCCCCCCCCCCCCCC)cc1CCCCCCCCCCCCCCCCCCC. The van der Waals surface area contributed by atoms with Crippen LogP contribution in [-0.2, 0) is 19.4 Å². The van der Waals surface area contributed by atoms with E-state index in [1.807, 2.05) is 0 Å². The summed E-state index contributed by atoms with van der Waals surface area (Å²) in [6.07, 6.45) is 80.2. The first kappa shape index (κ1) is 59.2. The van der Waals surface area contributed by atoms with Crippen molar-refractivity contribution in [2.75, 3.05) is 0 Å². The van der Waals surface area contributed by atoms with Crippen LogP contribution in [0.2, 0.25) is 0 Å². The van der Waals surface area contributed by atoms with Gasteiger partial charge in [-0.25, -0.2) is 4.57 Å². The first-order valence-electron chi connectivity index (χ1n) is 29.8. The quantitative estimate of drug-likeness (QED) is 0.0454. The zero-order valence-corrected chi connectivity index (χ0v) is 43.7. The predicted molar refractivity (Wildman–Crippen MR) is 282 cm³/mol. The van der Waals surface area contributed by atoms with Crippen molar-refractivity contribution in [1.82, 2.24) is 0 Å². The van der Waals surface area contributed by atoms with Crippen LogP contribution in [0.4, 0.5) is 0 Å². The molecule has 1 rings (SSSR count). The van der Waals surface area contributed by atoms with Crippen LogP contribution >= 0.6 is 0 Å². The van der Waals surface area contributed by atoms with Gasteiger partial charge < -0.3 is 0 Å². The van der Waals surface area contributed by atoms with Crippen molar-refractivity contribution in [3.8, 4) is 0 Å². The van der Waals surface area contributed by atoms with Crippen molar-refractivity contribution >= 4 is 0 Å². The molecule has 0 atom stereocenters. The Balaban J connectivity index is 2.26. The summed E-state index contributed by atoms with van der Waals surface area (Å²) in [7, 11) is 0. The van der Waals surface area contributed by atoms with E-state index in [9.17, 15) is 0 Å². The van der Waals surface area contributed by atoms with E-state index in [0.29, 0.717) is 0 Å². The molecule has 0 bridgehead atoms. The van der Waals surface area contributed by atoms with Gasteiger partial charge in [-0.1, -0.05) is 316 Å². The van der Waals surface area contributed by atoms with Crippen molar-refractivity contribution in [2.45, 2.75) is 361 Å². The Morgan fingerprint density at radius 1 is 0.242 bits per heavy atom. The van der Waals surface area contributed by atoms with E-state index in [1.165, 1.54) is 340 Å². The fourth-order valence-corrected chi connectivity index (χ4v) is 10.2. The number of hydrogen-bond acceptors (Lipinski definition) is 0. The molecule has 0 amide bonds. The van der Waals surface area contributed by atoms with E-state index in [2.05, 4.69) is 43.8 Å². The van der Waals surface area contributed by atoms with E-state index >= 15 is 0 Å². The number of aromatic nitrogens is 1. The maximum Gasteiger partial charge on any atom is 0.172 e. The maximum absolute atomic E-state index is 2.58. The lowest BCUT2D eigenvalue weighted by molar-refractivity contribution is -0.697. The molecular formula is C61H118N+. The lowest BCUT2D eigenvalue weighted by atomic mass is 9.97. The van der Waals surface area contributed by atoms with Crippen molar-refractivity contribution in [3.63, 3.8) is 0 Å². The summed E-state index contributed by atoms with van der Waals surface area (Å²) in [5.41, 5.74) is 3.35. The van der Waals surface area contributed by atoms with Crippen LogP contribution in [0.5, 0.6) is 0 Å². The molecule has 1 nitrogen and oxygen atoms in total. The molecule has 0 aliphatic rings. The molecule has 0 N–H and O–H groups in total. The van der Waals surface area contributed by atoms with Crippen molar-refractivity contribution < 1.29 is 4.57 Å². The van der Waals surface area contributed by atoms with E-state index in [0.717, 1.165) is 0 Å². The van der Waals surface area contributed by atoms with Crippen LogP contribution < -0.4 is 4.57 Å². The smallest absolute Gasteiger partial charge is 0.172 e. The highest BCUT2D eigenvalue weighted by molar-refractivity contribution is 5.21. The van der Waals surface area contributed by atoms with E-state index < -0.39 is 0 Å². The van der Waals surface area contributed by atoms with Gasteiger partial charge in [0, 0.05) is 18.1 Å². The minimum atomic E-state index is 1.21. The number of unbranched alkanes of at least 4 members (excludes halogenated alkanes) is 47. The van der Waals surface area contributed by atoms with Crippen LogP contribution in [0.1, 0.15) is 353 Å². The fourth-order valence-electron chi connectivity index (χ4n) is 10.2. The number of aryl methyl sites for hydroxylation is 3. The second-order valence-electron chi connectivity index (χ2n) is 20.9. The van der Waals surface area contributed by atoms with Gasteiger partial charge in [0.25, 0.3) is 0 Å². The average Bonchev–Trinajstić information content (AvgIpc) is 3.28. The summed E-state index contributed by atoms with van der Waals surface area (Å²) in [6.45, 7) is 8.17. The lowest BCUT2D eigenvalue weighted by Gasteiger charge is -2.10. The Bertz CT molecular complexity index is 966. The van der Waals surface area contributed by atoms with Crippen molar-refractivity contribution in [3.05, 3.63) is 29.6 Å². The molecule has 0 aliphatic carbocycles. The molecule has 0 fully saturated rings. The summed E-state index contributed by atoms with van der Waals surface area (Å²) in [6, 6.07) is 2.53. The molecule has 1 heteroatoms. The largest absolute Gasteiger partial charge is 0.205 e. The second kappa shape index (κ2) is 51.1. The first-order valence-corrected chi connectivity index (χ1v) is 29.8. The Labute approximate surface area is 393 Å². The zero-order chi connectivity index (χ0) is 44.3. The summed E-state index contributed by atoms with van der Waals surface area (Å²) in [5, 5.41) is 0. The molecular weight excluding hydrogens is 747 g/mol. The van der Waals surface area contributed by atoms with Gasteiger partial charge in [0.1, 0.15) is 6.54 Å². The third kappa shape index (κ3) is 43.1. The number of nitrogens with zero attached hydrogens (tertiary/aromatic N) is 1. The molecule has 0 radical (unpaired) electrons. The molecule has 1 aromatic rings. The molecule has 0 spiro atoms. The van der Waals surface area contributed by atoms with Gasteiger partial charge in [0.05, 0.1) is 0 Å². The average molecular weight is 866 g/mol. The van der Waals surface area contributed by atoms with Gasteiger partial charge in [-0.05, 0) is 37.7 Å². The van der Waals surface area contributed by atoms with E-state index in [-0.39, 0.29) is 0 Å². The van der Waals surface area contributed by atoms with Gasteiger partial charge in [0.2, 0.25) is 0 Å². The Kier molecular flexibility index (Phi) is 48.8. The summed E-state index contributed by atoms with van der Waals surface area (Å²) >= 11 is 0. The minimum Gasteiger partial charge on any atom is -0.205 e. The highest BCUT2D eigenvalue weighted by Crippen LogP contribution is 2.20. The molecule has 1 aromatic heterocycles.